The maximum atomic E-state index is 5.66. The maximum Gasteiger partial charge on any atom is 0.117 e. The van der Waals surface area contributed by atoms with Crippen molar-refractivity contribution in [1.82, 2.24) is 15.1 Å². The molecule has 0 amide bonds. The van der Waals surface area contributed by atoms with E-state index in [2.05, 4.69) is 45.4 Å². The van der Waals surface area contributed by atoms with E-state index in [0.717, 1.165) is 37.5 Å². The summed E-state index contributed by atoms with van der Waals surface area (Å²) in [5.41, 5.74) is 4.02. The van der Waals surface area contributed by atoms with E-state index in [1.807, 2.05) is 25.3 Å². The van der Waals surface area contributed by atoms with Crippen molar-refractivity contribution in [3.63, 3.8) is 0 Å². The van der Waals surface area contributed by atoms with Crippen LogP contribution in [0, 0.1) is 6.92 Å². The molecule has 1 atom stereocenters. The van der Waals surface area contributed by atoms with Gasteiger partial charge in [0, 0.05) is 17.3 Å². The Morgan fingerprint density at radius 1 is 1.21 bits per heavy atom. The zero-order chi connectivity index (χ0) is 16.4. The molecule has 2 heterocycles. The van der Waals surface area contributed by atoms with Gasteiger partial charge >= 0.3 is 0 Å². The lowest BCUT2D eigenvalue weighted by Gasteiger charge is -2.24. The first kappa shape index (κ1) is 15.2. The van der Waals surface area contributed by atoms with Gasteiger partial charge in [0.25, 0.3) is 0 Å². The van der Waals surface area contributed by atoms with E-state index in [1.54, 1.807) is 0 Å². The molecule has 3 aromatic rings. The fraction of sp³-hybridized carbons (Fsp3) is 0.350. The summed E-state index contributed by atoms with van der Waals surface area (Å²) < 4.78 is 7.83. The fourth-order valence-corrected chi connectivity index (χ4v) is 3.53. The van der Waals surface area contributed by atoms with Crippen LogP contribution >= 0.6 is 0 Å². The Labute approximate surface area is 142 Å². The first-order valence-electron chi connectivity index (χ1n) is 8.67. The van der Waals surface area contributed by atoms with Crippen LogP contribution in [-0.4, -0.2) is 9.78 Å². The van der Waals surface area contributed by atoms with Gasteiger partial charge < -0.3 is 9.73 Å². The molecule has 2 aromatic heterocycles. The van der Waals surface area contributed by atoms with E-state index in [-0.39, 0.29) is 0 Å². The van der Waals surface area contributed by atoms with Gasteiger partial charge in [-0.3, -0.25) is 4.68 Å². The Hall–Kier alpha value is -2.33. The van der Waals surface area contributed by atoms with Crippen LogP contribution in [0.25, 0.3) is 0 Å². The fourth-order valence-electron chi connectivity index (χ4n) is 3.53. The minimum absolute atomic E-state index is 0.365. The van der Waals surface area contributed by atoms with Crippen molar-refractivity contribution in [2.24, 2.45) is 0 Å². The number of hydrogen-bond donors (Lipinski definition) is 1. The van der Waals surface area contributed by atoms with Crippen LogP contribution in [0.1, 0.15) is 47.2 Å². The molecule has 1 N–H and O–H groups in total. The van der Waals surface area contributed by atoms with Gasteiger partial charge in [-0.25, -0.2) is 0 Å². The van der Waals surface area contributed by atoms with Gasteiger partial charge in [-0.2, -0.15) is 5.10 Å². The summed E-state index contributed by atoms with van der Waals surface area (Å²) >= 11 is 0. The van der Waals surface area contributed by atoms with Gasteiger partial charge in [0.1, 0.15) is 11.5 Å². The first-order valence-corrected chi connectivity index (χ1v) is 8.67. The van der Waals surface area contributed by atoms with Crippen molar-refractivity contribution in [3.8, 4) is 0 Å². The lowest BCUT2D eigenvalue weighted by molar-refractivity contribution is 0.406. The molecular weight excluding hydrogens is 298 g/mol. The minimum Gasteiger partial charge on any atom is -0.465 e. The number of hydrogen-bond acceptors (Lipinski definition) is 3. The Kier molecular flexibility index (Phi) is 4.22. The molecule has 4 rings (SSSR count). The number of nitrogens with one attached hydrogen (secondary N) is 1. The van der Waals surface area contributed by atoms with Gasteiger partial charge in [-0.15, -0.1) is 0 Å². The summed E-state index contributed by atoms with van der Waals surface area (Å²) in [6, 6.07) is 15.0. The van der Waals surface area contributed by atoms with E-state index in [1.165, 1.54) is 23.2 Å². The molecule has 0 spiro atoms. The van der Waals surface area contributed by atoms with Crippen molar-refractivity contribution >= 4 is 0 Å². The number of nitrogens with zero attached hydrogens (tertiary/aromatic N) is 2. The van der Waals surface area contributed by atoms with Crippen LogP contribution < -0.4 is 5.32 Å². The predicted octanol–water partition coefficient (Wildman–Crippen LogP) is 4.00. The highest BCUT2D eigenvalue weighted by atomic mass is 16.3. The van der Waals surface area contributed by atoms with Crippen molar-refractivity contribution < 1.29 is 4.42 Å². The van der Waals surface area contributed by atoms with Gasteiger partial charge in [0.15, 0.2) is 0 Å². The lowest BCUT2D eigenvalue weighted by Crippen LogP contribution is -2.25. The molecule has 124 valence electrons. The zero-order valence-corrected chi connectivity index (χ0v) is 14.0. The normalized spacial score (nSPS) is 17.0. The molecule has 0 bridgehead atoms. The van der Waals surface area contributed by atoms with Crippen molar-refractivity contribution in [2.75, 3.05) is 0 Å². The molecule has 4 heteroatoms. The average Bonchev–Trinajstić information content (AvgIpc) is 3.21. The standard InChI is InChI=1S/C20H23N3O/c1-15-10-11-17(24-15)12-21-19-8-5-9-20-18(19)13-22-23(20)14-16-6-3-2-4-7-16/h2-4,6-7,10-11,13,19,21H,5,8-9,12,14H2,1H3/t19-/m0/s1. The third kappa shape index (κ3) is 3.15. The monoisotopic (exact) mass is 321 g/mol. The summed E-state index contributed by atoms with van der Waals surface area (Å²) in [4.78, 5) is 0. The quantitative estimate of drug-likeness (QED) is 0.772. The number of fused-ring (bicyclic) bond motifs is 1. The molecule has 1 aliphatic carbocycles. The second kappa shape index (κ2) is 6.65. The lowest BCUT2D eigenvalue weighted by atomic mass is 9.93. The largest absolute Gasteiger partial charge is 0.465 e. The van der Waals surface area contributed by atoms with Crippen LogP contribution in [0.5, 0.6) is 0 Å². The SMILES string of the molecule is Cc1ccc(CN[C@H]2CCCc3c2cnn3Cc2ccccc2)o1. The van der Waals surface area contributed by atoms with E-state index >= 15 is 0 Å². The maximum absolute atomic E-state index is 5.66. The van der Waals surface area contributed by atoms with E-state index < -0.39 is 0 Å². The third-order valence-corrected chi connectivity index (χ3v) is 4.76. The zero-order valence-electron chi connectivity index (χ0n) is 14.0. The van der Waals surface area contributed by atoms with E-state index in [0.29, 0.717) is 6.04 Å². The van der Waals surface area contributed by atoms with Crippen molar-refractivity contribution in [2.45, 2.75) is 45.3 Å². The summed E-state index contributed by atoms with van der Waals surface area (Å²) in [6.45, 7) is 3.60. The Morgan fingerprint density at radius 2 is 2.08 bits per heavy atom. The van der Waals surface area contributed by atoms with Gasteiger partial charge in [0.05, 0.1) is 19.3 Å². The van der Waals surface area contributed by atoms with Crippen LogP contribution in [-0.2, 0) is 19.5 Å². The Balaban J connectivity index is 1.49. The summed E-state index contributed by atoms with van der Waals surface area (Å²) in [6.07, 6.45) is 5.51. The molecule has 1 aromatic carbocycles. The minimum atomic E-state index is 0.365. The number of aryl methyl sites for hydroxylation is 1. The Bertz CT molecular complexity index is 803. The van der Waals surface area contributed by atoms with E-state index in [4.69, 9.17) is 4.42 Å². The van der Waals surface area contributed by atoms with Crippen molar-refractivity contribution in [3.05, 3.63) is 77.0 Å². The number of furan rings is 1. The molecule has 0 radical (unpaired) electrons. The third-order valence-electron chi connectivity index (χ3n) is 4.76. The van der Waals surface area contributed by atoms with E-state index in [9.17, 15) is 0 Å². The van der Waals surface area contributed by atoms with Gasteiger partial charge in [0.2, 0.25) is 0 Å². The smallest absolute Gasteiger partial charge is 0.117 e. The van der Waals surface area contributed by atoms with Gasteiger partial charge in [-0.05, 0) is 43.9 Å². The molecule has 4 nitrogen and oxygen atoms in total. The van der Waals surface area contributed by atoms with Crippen LogP contribution in [0.15, 0.2) is 53.1 Å². The summed E-state index contributed by atoms with van der Waals surface area (Å²) in [5, 5.41) is 8.29. The topological polar surface area (TPSA) is 43.0 Å². The highest BCUT2D eigenvalue weighted by Gasteiger charge is 2.24. The highest BCUT2D eigenvalue weighted by Crippen LogP contribution is 2.30. The molecular formula is C20H23N3O. The number of rotatable bonds is 5. The summed E-state index contributed by atoms with van der Waals surface area (Å²) in [5.74, 6) is 1.96. The van der Waals surface area contributed by atoms with Gasteiger partial charge in [-0.1, -0.05) is 30.3 Å². The molecule has 0 aliphatic heterocycles. The molecule has 1 aliphatic rings. The molecule has 0 saturated carbocycles. The number of benzene rings is 1. The second-order valence-electron chi connectivity index (χ2n) is 6.53. The molecule has 0 saturated heterocycles. The average molecular weight is 321 g/mol. The highest BCUT2D eigenvalue weighted by molar-refractivity contribution is 5.26. The predicted molar refractivity (Wildman–Crippen MR) is 93.7 cm³/mol. The van der Waals surface area contributed by atoms with Crippen molar-refractivity contribution in [1.29, 1.82) is 0 Å². The van der Waals surface area contributed by atoms with Crippen LogP contribution in [0.3, 0.4) is 0 Å². The first-order chi connectivity index (χ1) is 11.8. The van der Waals surface area contributed by atoms with Crippen LogP contribution in [0.4, 0.5) is 0 Å². The Morgan fingerprint density at radius 3 is 2.88 bits per heavy atom. The molecule has 0 unspecified atom stereocenters. The van der Waals surface area contributed by atoms with Crippen LogP contribution in [0.2, 0.25) is 0 Å². The summed E-state index contributed by atoms with van der Waals surface area (Å²) in [7, 11) is 0. The number of aromatic nitrogens is 2. The molecule has 0 fully saturated rings. The molecule has 24 heavy (non-hydrogen) atoms. The second-order valence-corrected chi connectivity index (χ2v) is 6.53.